The molecule has 0 aliphatic rings. The van der Waals surface area contributed by atoms with E-state index in [4.69, 9.17) is 27.9 Å². The molecule has 1 rings (SSSR count). The van der Waals surface area contributed by atoms with E-state index in [9.17, 15) is 0 Å². The normalized spacial score (nSPS) is 10.6. The molecule has 96 valence electrons. The van der Waals surface area contributed by atoms with Crippen molar-refractivity contribution in [1.29, 1.82) is 0 Å². The van der Waals surface area contributed by atoms with E-state index in [1.165, 1.54) is 12.8 Å². The minimum Gasteiger partial charge on any atom is -0.490 e. The number of halogens is 2. The fourth-order valence-corrected chi connectivity index (χ4v) is 2.17. The molecule has 0 bridgehead atoms. The molecule has 0 aromatic heterocycles. The van der Waals surface area contributed by atoms with E-state index in [-0.39, 0.29) is 0 Å². The van der Waals surface area contributed by atoms with E-state index in [0.717, 1.165) is 24.4 Å². The summed E-state index contributed by atoms with van der Waals surface area (Å²) in [5.41, 5.74) is 0.969. The third-order valence-corrected chi connectivity index (χ3v) is 2.93. The highest BCUT2D eigenvalue weighted by molar-refractivity contribution is 6.35. The van der Waals surface area contributed by atoms with Crippen molar-refractivity contribution >= 4 is 23.2 Å². The molecule has 2 nitrogen and oxygen atoms in total. The molecule has 0 spiro atoms. The summed E-state index contributed by atoms with van der Waals surface area (Å²) in [5, 5.41) is 4.53. The second-order valence-corrected chi connectivity index (χ2v) is 4.83. The molecule has 1 N–H and O–H groups in total. The van der Waals surface area contributed by atoms with Crippen LogP contribution in [0.5, 0.6) is 5.75 Å². The van der Waals surface area contributed by atoms with Crippen LogP contribution >= 0.6 is 23.2 Å². The molecular weight excluding hydrogens is 257 g/mol. The average molecular weight is 276 g/mol. The summed E-state index contributed by atoms with van der Waals surface area (Å²) in [5.74, 6) is 0.730. The standard InChI is InChI=1S/C13H19Cl2NO/c1-3-4-5-16-6-7-17-13-10(2)8-11(14)9-12(13)15/h8-9,16H,3-7H2,1-2H3. The molecule has 0 unspecified atom stereocenters. The third-order valence-electron chi connectivity index (χ3n) is 2.43. The first-order valence-electron chi connectivity index (χ1n) is 5.94. The van der Waals surface area contributed by atoms with Gasteiger partial charge in [0.1, 0.15) is 12.4 Å². The van der Waals surface area contributed by atoms with Crippen LogP contribution < -0.4 is 10.1 Å². The number of aryl methyl sites for hydroxylation is 1. The van der Waals surface area contributed by atoms with Gasteiger partial charge in [0, 0.05) is 11.6 Å². The SMILES string of the molecule is CCCCNCCOc1c(C)cc(Cl)cc1Cl. The first-order chi connectivity index (χ1) is 8.15. The van der Waals surface area contributed by atoms with Crippen LogP contribution in [0.3, 0.4) is 0 Å². The van der Waals surface area contributed by atoms with Gasteiger partial charge in [-0.2, -0.15) is 0 Å². The largest absolute Gasteiger partial charge is 0.490 e. The molecule has 17 heavy (non-hydrogen) atoms. The second kappa shape index (κ2) is 7.80. The Morgan fingerprint density at radius 3 is 2.65 bits per heavy atom. The van der Waals surface area contributed by atoms with Crippen LogP contribution in [0.25, 0.3) is 0 Å². The van der Waals surface area contributed by atoms with Crippen LogP contribution in [0.15, 0.2) is 12.1 Å². The molecule has 1 aromatic rings. The van der Waals surface area contributed by atoms with Gasteiger partial charge in [0.2, 0.25) is 0 Å². The van der Waals surface area contributed by atoms with Gasteiger partial charge in [0.15, 0.2) is 0 Å². The Morgan fingerprint density at radius 2 is 2.00 bits per heavy atom. The van der Waals surface area contributed by atoms with Crippen molar-refractivity contribution in [1.82, 2.24) is 5.32 Å². The van der Waals surface area contributed by atoms with Gasteiger partial charge in [-0.05, 0) is 37.6 Å². The number of hydrogen-bond acceptors (Lipinski definition) is 2. The maximum atomic E-state index is 6.07. The lowest BCUT2D eigenvalue weighted by molar-refractivity contribution is 0.312. The second-order valence-electron chi connectivity index (χ2n) is 3.99. The minimum atomic E-state index is 0.573. The highest BCUT2D eigenvalue weighted by Crippen LogP contribution is 2.31. The van der Waals surface area contributed by atoms with E-state index in [0.29, 0.717) is 16.7 Å². The zero-order chi connectivity index (χ0) is 12.7. The lowest BCUT2D eigenvalue weighted by Crippen LogP contribution is -2.22. The lowest BCUT2D eigenvalue weighted by Gasteiger charge is -2.11. The lowest BCUT2D eigenvalue weighted by atomic mass is 10.2. The van der Waals surface area contributed by atoms with Gasteiger partial charge in [-0.1, -0.05) is 36.5 Å². The summed E-state index contributed by atoms with van der Waals surface area (Å²) < 4.78 is 5.65. The monoisotopic (exact) mass is 275 g/mol. The molecule has 0 heterocycles. The Bertz CT molecular complexity index is 332. The number of unbranched alkanes of at least 4 members (excludes halogenated alkanes) is 1. The van der Waals surface area contributed by atoms with Crippen molar-refractivity contribution < 1.29 is 4.74 Å². The molecule has 1 aromatic carbocycles. The van der Waals surface area contributed by atoms with E-state index in [2.05, 4.69) is 12.2 Å². The van der Waals surface area contributed by atoms with Crippen LogP contribution in [-0.4, -0.2) is 19.7 Å². The van der Waals surface area contributed by atoms with E-state index < -0.39 is 0 Å². The predicted octanol–water partition coefficient (Wildman–Crippen LogP) is 4.07. The van der Waals surface area contributed by atoms with Crippen LogP contribution in [0.1, 0.15) is 25.3 Å². The molecular formula is C13H19Cl2NO. The zero-order valence-corrected chi connectivity index (χ0v) is 11.9. The summed E-state index contributed by atoms with van der Waals surface area (Å²) in [7, 11) is 0. The molecule has 0 saturated carbocycles. The van der Waals surface area contributed by atoms with E-state index >= 15 is 0 Å². The van der Waals surface area contributed by atoms with Gasteiger partial charge in [-0.15, -0.1) is 0 Å². The maximum absolute atomic E-state index is 6.07. The smallest absolute Gasteiger partial charge is 0.140 e. The minimum absolute atomic E-state index is 0.573. The Morgan fingerprint density at radius 1 is 1.24 bits per heavy atom. The topological polar surface area (TPSA) is 21.3 Å². The molecule has 0 fully saturated rings. The number of ether oxygens (including phenoxy) is 1. The highest BCUT2D eigenvalue weighted by Gasteiger charge is 2.06. The summed E-state index contributed by atoms with van der Waals surface area (Å²) in [6, 6.07) is 3.56. The third kappa shape index (κ3) is 5.15. The summed E-state index contributed by atoms with van der Waals surface area (Å²) in [4.78, 5) is 0. The van der Waals surface area contributed by atoms with Crippen molar-refractivity contribution in [3.63, 3.8) is 0 Å². The quantitative estimate of drug-likeness (QED) is 0.758. The van der Waals surface area contributed by atoms with Gasteiger partial charge in [0.05, 0.1) is 5.02 Å². The number of benzene rings is 1. The zero-order valence-electron chi connectivity index (χ0n) is 10.4. The van der Waals surface area contributed by atoms with Gasteiger partial charge in [0.25, 0.3) is 0 Å². The van der Waals surface area contributed by atoms with Gasteiger partial charge in [-0.25, -0.2) is 0 Å². The first kappa shape index (κ1) is 14.6. The highest BCUT2D eigenvalue weighted by atomic mass is 35.5. The molecule has 0 radical (unpaired) electrons. The molecule has 4 heteroatoms. The average Bonchev–Trinajstić information content (AvgIpc) is 2.26. The van der Waals surface area contributed by atoms with Crippen molar-refractivity contribution in [3.05, 3.63) is 27.7 Å². The first-order valence-corrected chi connectivity index (χ1v) is 6.70. The fraction of sp³-hybridized carbons (Fsp3) is 0.538. The molecule has 0 saturated heterocycles. The number of nitrogens with one attached hydrogen (secondary N) is 1. The number of rotatable bonds is 7. The van der Waals surface area contributed by atoms with Gasteiger partial charge < -0.3 is 10.1 Å². The van der Waals surface area contributed by atoms with Crippen LogP contribution in [0, 0.1) is 6.92 Å². The van der Waals surface area contributed by atoms with E-state index in [1.54, 1.807) is 6.07 Å². The summed E-state index contributed by atoms with van der Waals surface area (Å²) in [6.45, 7) is 6.60. The summed E-state index contributed by atoms with van der Waals surface area (Å²) in [6.07, 6.45) is 2.40. The van der Waals surface area contributed by atoms with Crippen molar-refractivity contribution in [3.8, 4) is 5.75 Å². The van der Waals surface area contributed by atoms with Crippen LogP contribution in [0.4, 0.5) is 0 Å². The predicted molar refractivity (Wildman–Crippen MR) is 74.5 cm³/mol. The number of hydrogen-bond donors (Lipinski definition) is 1. The Labute approximate surface area is 113 Å². The molecule has 0 aliphatic carbocycles. The van der Waals surface area contributed by atoms with Crippen molar-refractivity contribution in [2.24, 2.45) is 0 Å². The van der Waals surface area contributed by atoms with Gasteiger partial charge >= 0.3 is 0 Å². The van der Waals surface area contributed by atoms with Crippen molar-refractivity contribution in [2.45, 2.75) is 26.7 Å². The molecule has 0 aliphatic heterocycles. The Balaban J connectivity index is 2.36. The van der Waals surface area contributed by atoms with Crippen LogP contribution in [0.2, 0.25) is 10.0 Å². The van der Waals surface area contributed by atoms with E-state index in [1.807, 2.05) is 13.0 Å². The molecule has 0 amide bonds. The van der Waals surface area contributed by atoms with Crippen LogP contribution in [-0.2, 0) is 0 Å². The fourth-order valence-electron chi connectivity index (χ4n) is 1.52. The molecule has 0 atom stereocenters. The van der Waals surface area contributed by atoms with Crippen molar-refractivity contribution in [2.75, 3.05) is 19.7 Å². The Kier molecular flexibility index (Phi) is 6.71. The maximum Gasteiger partial charge on any atom is 0.140 e. The summed E-state index contributed by atoms with van der Waals surface area (Å²) >= 11 is 12.0. The Hall–Kier alpha value is -0.440. The van der Waals surface area contributed by atoms with Gasteiger partial charge in [-0.3, -0.25) is 0 Å².